The van der Waals surface area contributed by atoms with Crippen molar-refractivity contribution >= 4 is 17.7 Å². The van der Waals surface area contributed by atoms with Crippen molar-refractivity contribution in [1.82, 2.24) is 35.2 Å². The van der Waals surface area contributed by atoms with Crippen molar-refractivity contribution < 1.29 is 51.6 Å². The Balaban J connectivity index is 0.000000139. The van der Waals surface area contributed by atoms with Gasteiger partial charge in [-0.2, -0.15) is 0 Å². The molecule has 15 rings (SSSR count). The monoisotopic (exact) mass is 1400 g/mol. The largest absolute Gasteiger partial charge is 0.497 e. The number of amides is 3. The number of fused-ring (bicyclic) bond motifs is 3. The molecule has 16 nitrogen and oxygen atoms in total. The molecule has 0 unspecified atom stereocenters. The van der Waals surface area contributed by atoms with Crippen LogP contribution < -0.4 is 39.6 Å². The number of halogens is 2. The molecule has 1 aromatic heterocycles. The third-order valence-corrected chi connectivity index (χ3v) is 22.8. The summed E-state index contributed by atoms with van der Waals surface area (Å²) in [5.74, 6) is 6.25. The van der Waals surface area contributed by atoms with E-state index in [9.17, 15) is 23.2 Å². The highest BCUT2D eigenvalue weighted by atomic mass is 19.1. The number of benzene rings is 7. The number of nitrogens with one attached hydrogen (secondary N) is 3. The molecule has 8 aromatic rings. The van der Waals surface area contributed by atoms with Crippen molar-refractivity contribution in [2.45, 2.75) is 121 Å². The summed E-state index contributed by atoms with van der Waals surface area (Å²) in [7, 11) is 3.36. The Bertz CT molecular complexity index is 4140. The second kappa shape index (κ2) is 34.0. The molecule has 6 aliphatic heterocycles. The van der Waals surface area contributed by atoms with E-state index < -0.39 is 0 Å². The van der Waals surface area contributed by atoms with Gasteiger partial charge in [0.1, 0.15) is 47.0 Å². The van der Waals surface area contributed by atoms with Crippen LogP contribution >= 0.6 is 0 Å². The van der Waals surface area contributed by atoms with Gasteiger partial charge < -0.3 is 48.9 Å². The second-order valence-corrected chi connectivity index (χ2v) is 28.8. The number of hydrogen-bond donors (Lipinski definition) is 3. The van der Waals surface area contributed by atoms with Crippen molar-refractivity contribution in [2.24, 2.45) is 23.7 Å². The number of carbonyl (C=O) groups is 3. The van der Waals surface area contributed by atoms with Crippen LogP contribution in [0.25, 0.3) is 0 Å². The average Bonchev–Trinajstić information content (AvgIpc) is 1.56. The molecule has 4 fully saturated rings. The Morgan fingerprint density at radius 1 is 0.437 bits per heavy atom. The number of likely N-dealkylation sites (tertiary alicyclic amines) is 3. The van der Waals surface area contributed by atoms with Gasteiger partial charge in [-0.15, -0.1) is 0 Å². The summed E-state index contributed by atoms with van der Waals surface area (Å²) in [4.78, 5) is 43.9. The van der Waals surface area contributed by atoms with E-state index >= 15 is 0 Å². The van der Waals surface area contributed by atoms with Gasteiger partial charge >= 0.3 is 0 Å². The van der Waals surface area contributed by atoms with E-state index in [0.717, 1.165) is 121 Å². The molecule has 9 atom stereocenters. The molecule has 7 heterocycles. The zero-order valence-electron chi connectivity index (χ0n) is 60.1. The molecule has 7 aromatic carbocycles. The topological polar surface area (TPSA) is 157 Å². The van der Waals surface area contributed by atoms with E-state index in [2.05, 4.69) is 117 Å². The molecule has 0 bridgehead atoms. The maximum Gasteiger partial charge on any atom is 0.252 e. The average molecular weight is 1400 g/mol. The number of ether oxygens (including phenoxy) is 6. The smallest absolute Gasteiger partial charge is 0.252 e. The fourth-order valence-corrected chi connectivity index (χ4v) is 16.3. The number of methoxy groups -OCH3 is 2. The SMILES string of the molecule is COCCOc1ccc([C@@H]2CCN(CCc3ccccc3F)[C@H](C)[C@H]2COc2ccc3c(c2)C(=O)NC3)cc1.COc1ccc([C@@H]2CCN(CCn3cccc3)[C@H](C)[C@H]2COc2ccc3c(c2)C(=O)NC3)cc1.C[C@@H]1[C@@H](COc2ccc3c(c2)C(=O)NC3)[C@H](c2ccc(F)cc2)CCN1CC1CC1. The summed E-state index contributed by atoms with van der Waals surface area (Å²) in [5, 5.41) is 8.60. The summed E-state index contributed by atoms with van der Waals surface area (Å²) in [6.45, 7) is 18.5. The third-order valence-electron chi connectivity index (χ3n) is 22.8. The minimum Gasteiger partial charge on any atom is -0.497 e. The van der Waals surface area contributed by atoms with Crippen LogP contribution in [0.4, 0.5) is 8.78 Å². The summed E-state index contributed by atoms with van der Waals surface area (Å²) < 4.78 is 65.2. The molecule has 18 heteroatoms. The van der Waals surface area contributed by atoms with Crippen LogP contribution in [0, 0.1) is 35.3 Å². The highest BCUT2D eigenvalue weighted by Crippen LogP contribution is 2.43. The summed E-state index contributed by atoms with van der Waals surface area (Å²) >= 11 is 0. The van der Waals surface area contributed by atoms with Gasteiger partial charge in [0.25, 0.3) is 17.7 Å². The van der Waals surface area contributed by atoms with E-state index in [4.69, 9.17) is 28.4 Å². The van der Waals surface area contributed by atoms with Crippen LogP contribution in [0.5, 0.6) is 28.7 Å². The number of rotatable bonds is 25. The molecule has 3 N–H and O–H groups in total. The van der Waals surface area contributed by atoms with Crippen molar-refractivity contribution in [1.29, 1.82) is 0 Å². The summed E-state index contributed by atoms with van der Waals surface area (Å²) in [5.41, 5.74) is 9.74. The van der Waals surface area contributed by atoms with Gasteiger partial charge in [-0.3, -0.25) is 29.1 Å². The molecule has 542 valence electrons. The van der Waals surface area contributed by atoms with Crippen LogP contribution in [0.3, 0.4) is 0 Å². The van der Waals surface area contributed by atoms with Crippen LogP contribution in [0.2, 0.25) is 0 Å². The van der Waals surface area contributed by atoms with Gasteiger partial charge in [0, 0.05) is 118 Å². The predicted octanol–water partition coefficient (Wildman–Crippen LogP) is 13.9. The number of carbonyl (C=O) groups excluding carboxylic acids is 3. The maximum atomic E-state index is 14.3. The minimum atomic E-state index is -0.192. The first-order valence-electron chi connectivity index (χ1n) is 37.0. The molecule has 1 saturated carbocycles. The molecular formula is C85H99F2N7O9. The van der Waals surface area contributed by atoms with E-state index in [0.29, 0.717) is 112 Å². The number of aromatic nitrogens is 1. The van der Waals surface area contributed by atoms with Crippen LogP contribution in [0.1, 0.15) is 141 Å². The van der Waals surface area contributed by atoms with Crippen LogP contribution in [-0.2, 0) is 37.3 Å². The lowest BCUT2D eigenvalue weighted by Gasteiger charge is -2.44. The summed E-state index contributed by atoms with van der Waals surface area (Å²) in [6, 6.07) is 53.4. The molecule has 103 heavy (non-hydrogen) atoms. The van der Waals surface area contributed by atoms with Crippen molar-refractivity contribution in [3.05, 3.63) is 243 Å². The molecule has 3 saturated heterocycles. The van der Waals surface area contributed by atoms with E-state index in [1.807, 2.05) is 91.0 Å². The van der Waals surface area contributed by atoms with Crippen LogP contribution in [-0.4, -0.2) is 142 Å². The van der Waals surface area contributed by atoms with E-state index in [-0.39, 0.29) is 41.3 Å². The number of nitrogens with zero attached hydrogens (tertiary/aromatic N) is 4. The van der Waals surface area contributed by atoms with E-state index in [1.54, 1.807) is 32.4 Å². The Morgan fingerprint density at radius 2 is 0.864 bits per heavy atom. The lowest BCUT2D eigenvalue weighted by Crippen LogP contribution is -2.49. The Hall–Kier alpha value is -9.07. The van der Waals surface area contributed by atoms with Crippen molar-refractivity contribution in [2.75, 3.05) is 86.5 Å². The van der Waals surface area contributed by atoms with Crippen molar-refractivity contribution in [3.8, 4) is 28.7 Å². The zero-order valence-corrected chi connectivity index (χ0v) is 60.1. The molecule has 0 radical (unpaired) electrons. The van der Waals surface area contributed by atoms with Gasteiger partial charge in [0.2, 0.25) is 0 Å². The van der Waals surface area contributed by atoms with E-state index in [1.165, 1.54) is 42.1 Å². The first-order chi connectivity index (χ1) is 50.2. The fraction of sp³-hybridized carbons (Fsp3) is 0.424. The van der Waals surface area contributed by atoms with Gasteiger partial charge in [-0.25, -0.2) is 8.78 Å². The molecule has 0 spiro atoms. The molecule has 3 amide bonds. The van der Waals surface area contributed by atoms with Gasteiger partial charge in [-0.05, 0) is 233 Å². The number of hydrogen-bond acceptors (Lipinski definition) is 12. The Labute approximate surface area is 605 Å². The highest BCUT2D eigenvalue weighted by molar-refractivity contribution is 5.99. The Morgan fingerprint density at radius 3 is 1.32 bits per heavy atom. The Kier molecular flexibility index (Phi) is 23.9. The standard InChI is InChI=1S/C32H37FN2O4.C28H33N3O3.C25H29FN2O2/c1-22-30(21-39-27-12-9-25-20-34-32(36)29(25)19-27)28(23-7-10-26(11-8-23)38-18-17-37-2)14-16-35(22)15-13-24-5-3-4-6-31(24)33;1-20-27(19-34-24-10-7-22-18-29-28(32)26(22)17-24)25(21-5-8-23(33-2)9-6-21)11-14-31(20)16-15-30-12-3-4-13-30;1-16-24(15-30-21-9-6-19-13-27-25(29)23(19)12-21)22(18-4-7-20(26)8-5-18)10-11-28(16)14-17-2-3-17/h3-12,19,22,28,30H,13-18,20-21H2,1-2H3,(H,34,36);3-10,12-13,17,20,25,27H,11,14-16,18-19H2,1-2H3,(H,29,32);4-9,12,16-17,22,24H,2-3,10-11,13-15H2,1H3,(H,27,29)/t22-,28+,30-;20-,25+,27-;16-,22+,24-/m111/s1. The second-order valence-electron chi connectivity index (χ2n) is 28.8. The van der Waals surface area contributed by atoms with Gasteiger partial charge in [0.05, 0.1) is 33.5 Å². The van der Waals surface area contributed by atoms with Gasteiger partial charge in [0.15, 0.2) is 0 Å². The fourth-order valence-electron chi connectivity index (χ4n) is 16.3. The van der Waals surface area contributed by atoms with Crippen LogP contribution in [0.15, 0.2) is 176 Å². The minimum absolute atomic E-state index is 0.0150. The number of piperidine rings is 3. The molecular weight excluding hydrogens is 1300 g/mol. The third kappa shape index (κ3) is 17.9. The normalized spacial score (nSPS) is 22.9. The highest BCUT2D eigenvalue weighted by Gasteiger charge is 2.41. The quantitative estimate of drug-likeness (QED) is 0.0466. The lowest BCUT2D eigenvalue weighted by molar-refractivity contribution is 0.0530. The molecule has 1 aliphatic carbocycles. The predicted molar refractivity (Wildman–Crippen MR) is 395 cm³/mol. The summed E-state index contributed by atoms with van der Waals surface area (Å²) in [6.07, 6.45) is 10.7. The van der Waals surface area contributed by atoms with Crippen molar-refractivity contribution in [3.63, 3.8) is 0 Å². The maximum absolute atomic E-state index is 14.3. The zero-order chi connectivity index (χ0) is 71.3. The van der Waals surface area contributed by atoms with Gasteiger partial charge in [-0.1, -0.05) is 72.8 Å². The molecule has 7 aliphatic rings. The lowest BCUT2D eigenvalue weighted by atomic mass is 9.76. The first-order valence-corrected chi connectivity index (χ1v) is 37.0. The first kappa shape index (κ1) is 72.3.